The molecule has 0 aliphatic heterocycles. The van der Waals surface area contributed by atoms with Crippen molar-refractivity contribution in [2.24, 2.45) is 5.73 Å². The number of aliphatic carboxylic acids is 2. The first kappa shape index (κ1) is 30.1. The molecule has 2 rings (SSSR count). The van der Waals surface area contributed by atoms with Gasteiger partial charge in [0, 0.05) is 19.5 Å². The number of nitrogens with two attached hydrogens (primary N) is 1. The molecule has 0 saturated heterocycles. The first-order chi connectivity index (χ1) is 16.7. The fraction of sp³-hybridized carbons (Fsp3) is 0.263. The summed E-state index contributed by atoms with van der Waals surface area (Å²) in [5.41, 5.74) is 5.60. The van der Waals surface area contributed by atoms with E-state index >= 15 is 0 Å². The fourth-order valence-corrected chi connectivity index (χ4v) is 3.78. The molecular weight excluding hydrogens is 517 g/mol. The first-order valence-corrected chi connectivity index (χ1v) is 11.1. The smallest absolute Gasteiger partial charge is 0.480 e. The number of hydrogen-bond acceptors (Lipinski definition) is 8. The first-order valence-electron chi connectivity index (χ1n) is 9.63. The Kier molecular flexibility index (Phi) is 11.0. The van der Waals surface area contributed by atoms with Crippen LogP contribution in [-0.4, -0.2) is 68.2 Å². The SMILES string of the molecule is NCCNC(=O)c1cc(C[C@H](NS(=O)(=O)c2ccccc2NC=O)C(=O)O)co1.O=C(O)C(F)(F)F. The van der Waals surface area contributed by atoms with Crippen LogP contribution in [0.2, 0.25) is 0 Å². The van der Waals surface area contributed by atoms with E-state index in [2.05, 4.69) is 15.4 Å². The molecule has 198 valence electrons. The number of anilines is 1. The second kappa shape index (κ2) is 13.2. The maximum absolute atomic E-state index is 12.6. The van der Waals surface area contributed by atoms with Crippen LogP contribution in [0.25, 0.3) is 0 Å². The van der Waals surface area contributed by atoms with Crippen LogP contribution in [0.15, 0.2) is 45.9 Å². The zero-order valence-corrected chi connectivity index (χ0v) is 18.9. The molecule has 1 heterocycles. The summed E-state index contributed by atoms with van der Waals surface area (Å²) in [7, 11) is -4.28. The van der Waals surface area contributed by atoms with Crippen LogP contribution in [-0.2, 0) is 30.8 Å². The summed E-state index contributed by atoms with van der Waals surface area (Å²) in [6.07, 6.45) is -3.87. The fourth-order valence-electron chi connectivity index (χ4n) is 2.42. The number of furan rings is 1. The largest absolute Gasteiger partial charge is 0.490 e. The monoisotopic (exact) mass is 538 g/mol. The van der Waals surface area contributed by atoms with Gasteiger partial charge in [-0.2, -0.15) is 17.9 Å². The highest BCUT2D eigenvalue weighted by atomic mass is 32.2. The van der Waals surface area contributed by atoms with Crippen LogP contribution in [0.1, 0.15) is 16.1 Å². The Labute approximate surface area is 201 Å². The number of carboxylic acids is 2. The van der Waals surface area contributed by atoms with Crippen LogP contribution in [0.3, 0.4) is 0 Å². The summed E-state index contributed by atoms with van der Waals surface area (Å²) < 4.78 is 64.2. The van der Waals surface area contributed by atoms with E-state index in [1.807, 2.05) is 0 Å². The van der Waals surface area contributed by atoms with Gasteiger partial charge in [-0.15, -0.1) is 0 Å². The number of nitrogens with one attached hydrogen (secondary N) is 3. The predicted molar refractivity (Wildman–Crippen MR) is 115 cm³/mol. The van der Waals surface area contributed by atoms with E-state index in [1.54, 1.807) is 0 Å². The molecule has 0 saturated carbocycles. The number of carboxylic acid groups (broad SMARTS) is 2. The highest BCUT2D eigenvalue weighted by molar-refractivity contribution is 7.89. The number of benzene rings is 1. The van der Waals surface area contributed by atoms with Gasteiger partial charge in [0.15, 0.2) is 5.76 Å². The van der Waals surface area contributed by atoms with E-state index in [4.69, 9.17) is 20.1 Å². The second-order valence-electron chi connectivity index (χ2n) is 6.64. The Morgan fingerprint density at radius 1 is 1.17 bits per heavy atom. The van der Waals surface area contributed by atoms with Gasteiger partial charge in [-0.05, 0) is 23.8 Å². The van der Waals surface area contributed by atoms with Crippen molar-refractivity contribution in [3.05, 3.63) is 47.9 Å². The third-order valence-electron chi connectivity index (χ3n) is 3.98. The molecular formula is C19H21F3N4O9S. The number of hydrogen-bond donors (Lipinski definition) is 6. The van der Waals surface area contributed by atoms with Crippen LogP contribution in [0.4, 0.5) is 18.9 Å². The topological polar surface area (TPSA) is 218 Å². The van der Waals surface area contributed by atoms with Crippen molar-refractivity contribution >= 4 is 40.0 Å². The normalized spacial score (nSPS) is 12.0. The average Bonchev–Trinajstić information content (AvgIpc) is 3.26. The molecule has 36 heavy (non-hydrogen) atoms. The van der Waals surface area contributed by atoms with Crippen LogP contribution in [0.5, 0.6) is 0 Å². The van der Waals surface area contributed by atoms with Crippen molar-refractivity contribution in [3.8, 4) is 0 Å². The van der Waals surface area contributed by atoms with Crippen molar-refractivity contribution in [1.29, 1.82) is 0 Å². The summed E-state index contributed by atoms with van der Waals surface area (Å²) in [5, 5.41) is 21.3. The van der Waals surface area contributed by atoms with Gasteiger partial charge in [-0.25, -0.2) is 13.2 Å². The van der Waals surface area contributed by atoms with E-state index in [1.165, 1.54) is 36.6 Å². The molecule has 17 heteroatoms. The number of carbonyl (C=O) groups is 4. The lowest BCUT2D eigenvalue weighted by Gasteiger charge is -2.15. The minimum Gasteiger partial charge on any atom is -0.480 e. The summed E-state index contributed by atoms with van der Waals surface area (Å²) >= 11 is 0. The minimum atomic E-state index is -5.08. The third-order valence-corrected chi connectivity index (χ3v) is 5.51. The number of rotatable bonds is 11. The molecule has 1 atom stereocenters. The molecule has 7 N–H and O–H groups in total. The molecule has 0 bridgehead atoms. The maximum Gasteiger partial charge on any atom is 0.490 e. The van der Waals surface area contributed by atoms with Gasteiger partial charge in [0.1, 0.15) is 10.9 Å². The van der Waals surface area contributed by atoms with E-state index < -0.39 is 40.1 Å². The summed E-state index contributed by atoms with van der Waals surface area (Å²) in [6, 6.07) is 5.32. The molecule has 1 aromatic heterocycles. The van der Waals surface area contributed by atoms with E-state index in [0.717, 1.165) is 0 Å². The Hall–Kier alpha value is -3.96. The minimum absolute atomic E-state index is 0.00121. The van der Waals surface area contributed by atoms with Crippen molar-refractivity contribution in [1.82, 2.24) is 10.0 Å². The number of amides is 2. The van der Waals surface area contributed by atoms with Crippen molar-refractivity contribution in [3.63, 3.8) is 0 Å². The Morgan fingerprint density at radius 2 is 1.78 bits per heavy atom. The van der Waals surface area contributed by atoms with Gasteiger partial charge in [0.2, 0.25) is 16.4 Å². The standard InChI is InChI=1S/C17H20N4O7S.C2HF3O2/c18-5-6-19-16(23)14-8-11(9-28-14)7-13(17(24)25)21-29(26,27)15-4-2-1-3-12(15)20-10-22;3-2(4,5)1(6)7/h1-4,8-10,13,21H,5-7,18H2,(H,19,23)(H,20,22)(H,24,25);(H,6,7)/t13-;/m0./s1. The number of halogens is 3. The van der Waals surface area contributed by atoms with Crippen molar-refractivity contribution < 1.29 is 55.4 Å². The highest BCUT2D eigenvalue weighted by Crippen LogP contribution is 2.21. The molecule has 0 radical (unpaired) electrons. The molecule has 0 aliphatic rings. The third kappa shape index (κ3) is 9.35. The second-order valence-corrected chi connectivity index (χ2v) is 8.32. The molecule has 2 aromatic rings. The Bertz CT molecular complexity index is 1180. The molecule has 0 spiro atoms. The molecule has 0 aliphatic carbocycles. The molecule has 2 amide bonds. The molecule has 1 aromatic carbocycles. The van der Waals surface area contributed by atoms with Gasteiger partial charge in [0.05, 0.1) is 12.0 Å². The predicted octanol–water partition coefficient (Wildman–Crippen LogP) is 0.144. The maximum atomic E-state index is 12.6. The van der Waals surface area contributed by atoms with E-state index in [9.17, 15) is 41.1 Å². The molecule has 0 fully saturated rings. The van der Waals surface area contributed by atoms with Gasteiger partial charge in [-0.1, -0.05) is 12.1 Å². The number of sulfonamides is 1. The van der Waals surface area contributed by atoms with Crippen molar-refractivity contribution in [2.75, 3.05) is 18.4 Å². The summed E-state index contributed by atoms with van der Waals surface area (Å²) in [6.45, 7) is 0.475. The van der Waals surface area contributed by atoms with Gasteiger partial charge >= 0.3 is 18.1 Å². The molecule has 13 nitrogen and oxygen atoms in total. The Morgan fingerprint density at radius 3 is 2.31 bits per heavy atom. The lowest BCUT2D eigenvalue weighted by molar-refractivity contribution is -0.192. The van der Waals surface area contributed by atoms with E-state index in [0.29, 0.717) is 12.0 Å². The van der Waals surface area contributed by atoms with Crippen LogP contribution >= 0.6 is 0 Å². The highest BCUT2D eigenvalue weighted by Gasteiger charge is 2.38. The number of para-hydroxylation sites is 1. The number of alkyl halides is 3. The zero-order chi connectivity index (χ0) is 27.5. The summed E-state index contributed by atoms with van der Waals surface area (Å²) in [4.78, 5) is 42.7. The molecule has 0 unspecified atom stereocenters. The number of carbonyl (C=O) groups excluding carboxylic acids is 2. The zero-order valence-electron chi connectivity index (χ0n) is 18.1. The lowest BCUT2D eigenvalue weighted by Crippen LogP contribution is -2.42. The van der Waals surface area contributed by atoms with Crippen LogP contribution in [0, 0.1) is 0 Å². The quantitative estimate of drug-likeness (QED) is 0.213. The van der Waals surface area contributed by atoms with Gasteiger partial charge in [-0.3, -0.25) is 14.4 Å². The van der Waals surface area contributed by atoms with Gasteiger partial charge in [0.25, 0.3) is 5.91 Å². The summed E-state index contributed by atoms with van der Waals surface area (Å²) in [5.74, 6) is -4.76. The van der Waals surface area contributed by atoms with Crippen LogP contribution < -0.4 is 21.1 Å². The van der Waals surface area contributed by atoms with Crippen molar-refractivity contribution in [2.45, 2.75) is 23.5 Å². The van der Waals surface area contributed by atoms with E-state index in [-0.39, 0.29) is 35.9 Å². The lowest BCUT2D eigenvalue weighted by atomic mass is 10.1. The average molecular weight is 538 g/mol. The Balaban J connectivity index is 0.000000809. The van der Waals surface area contributed by atoms with Gasteiger partial charge < -0.3 is 31.0 Å².